The molecular formula is C23H25N5. The van der Waals surface area contributed by atoms with Crippen molar-refractivity contribution in [2.45, 2.75) is 39.4 Å². The summed E-state index contributed by atoms with van der Waals surface area (Å²) in [6.45, 7) is 6.97. The molecular weight excluding hydrogens is 346 g/mol. The van der Waals surface area contributed by atoms with Crippen LogP contribution in [0, 0.1) is 6.92 Å². The average Bonchev–Trinajstić information content (AvgIpc) is 3.31. The fourth-order valence-corrected chi connectivity index (χ4v) is 4.47. The zero-order valence-electron chi connectivity index (χ0n) is 16.4. The second kappa shape index (κ2) is 6.91. The summed E-state index contributed by atoms with van der Waals surface area (Å²) in [4.78, 5) is 15.7. The molecule has 1 aliphatic rings. The van der Waals surface area contributed by atoms with Gasteiger partial charge in [-0.25, -0.2) is 4.98 Å². The zero-order valence-corrected chi connectivity index (χ0v) is 16.4. The fourth-order valence-electron chi connectivity index (χ4n) is 4.47. The number of rotatable bonds is 4. The van der Waals surface area contributed by atoms with Crippen LogP contribution in [-0.4, -0.2) is 31.0 Å². The third-order valence-corrected chi connectivity index (χ3v) is 5.81. The Morgan fingerprint density at radius 3 is 2.89 bits per heavy atom. The topological polar surface area (TPSA) is 49.7 Å². The number of fused-ring (bicyclic) bond motifs is 3. The highest BCUT2D eigenvalue weighted by molar-refractivity contribution is 5.85. The van der Waals surface area contributed by atoms with Gasteiger partial charge in [0.25, 0.3) is 0 Å². The van der Waals surface area contributed by atoms with Gasteiger partial charge in [0.05, 0.1) is 18.3 Å². The molecule has 1 unspecified atom stereocenters. The number of aromatic nitrogens is 4. The molecule has 1 N–H and O–H groups in total. The van der Waals surface area contributed by atoms with Gasteiger partial charge in [0, 0.05) is 47.8 Å². The van der Waals surface area contributed by atoms with Gasteiger partial charge in [-0.3, -0.25) is 9.88 Å². The van der Waals surface area contributed by atoms with Crippen molar-refractivity contribution in [2.75, 3.05) is 6.54 Å². The van der Waals surface area contributed by atoms with E-state index in [0.717, 1.165) is 43.3 Å². The minimum Gasteiger partial charge on any atom is -0.357 e. The molecule has 5 nitrogen and oxygen atoms in total. The molecule has 5 rings (SSSR count). The summed E-state index contributed by atoms with van der Waals surface area (Å²) in [7, 11) is 0. The van der Waals surface area contributed by atoms with Crippen LogP contribution in [0.4, 0.5) is 0 Å². The first kappa shape index (κ1) is 17.2. The number of hydrogen-bond donors (Lipinski definition) is 1. The molecule has 28 heavy (non-hydrogen) atoms. The Balaban J connectivity index is 1.63. The number of hydrogen-bond acceptors (Lipinski definition) is 3. The molecule has 0 aliphatic carbocycles. The highest BCUT2D eigenvalue weighted by Gasteiger charge is 2.33. The monoisotopic (exact) mass is 371 g/mol. The van der Waals surface area contributed by atoms with E-state index in [2.05, 4.69) is 81.9 Å². The summed E-state index contributed by atoms with van der Waals surface area (Å²) in [5.41, 5.74) is 6.07. The summed E-state index contributed by atoms with van der Waals surface area (Å²) in [5.74, 6) is 1.11. The Bertz CT molecular complexity index is 1120. The van der Waals surface area contributed by atoms with Gasteiger partial charge in [0.15, 0.2) is 0 Å². The number of nitrogens with zero attached hydrogens (tertiary/aromatic N) is 4. The number of nitrogens with one attached hydrogen (secondary N) is 1. The minimum atomic E-state index is 0.109. The van der Waals surface area contributed by atoms with Gasteiger partial charge in [0.2, 0.25) is 0 Å². The van der Waals surface area contributed by atoms with Gasteiger partial charge in [-0.2, -0.15) is 0 Å². The SMILES string of the molecule is CCn1ccnc1CN1CCc2c([nH]c3ccccc23)C1c1cccc(C)n1. The molecule has 0 spiro atoms. The molecule has 0 radical (unpaired) electrons. The number of para-hydroxylation sites is 1. The predicted molar refractivity (Wildman–Crippen MR) is 111 cm³/mol. The third-order valence-electron chi connectivity index (χ3n) is 5.81. The van der Waals surface area contributed by atoms with Crippen LogP contribution in [0.15, 0.2) is 54.9 Å². The number of H-pyrrole nitrogens is 1. The van der Waals surface area contributed by atoms with Crippen LogP contribution in [0.3, 0.4) is 0 Å². The molecule has 142 valence electrons. The van der Waals surface area contributed by atoms with Crippen molar-refractivity contribution >= 4 is 10.9 Å². The Labute approximate surface area is 165 Å². The summed E-state index contributed by atoms with van der Waals surface area (Å²) < 4.78 is 2.22. The number of benzene rings is 1. The molecule has 3 aromatic heterocycles. The van der Waals surface area contributed by atoms with E-state index in [-0.39, 0.29) is 6.04 Å². The first-order chi connectivity index (χ1) is 13.7. The predicted octanol–water partition coefficient (Wildman–Crippen LogP) is 4.24. The molecule has 1 aliphatic heterocycles. The normalized spacial score (nSPS) is 17.1. The van der Waals surface area contributed by atoms with Crippen LogP contribution in [-0.2, 0) is 19.5 Å². The largest absolute Gasteiger partial charge is 0.357 e. The quantitative estimate of drug-likeness (QED) is 0.584. The molecule has 0 fully saturated rings. The lowest BCUT2D eigenvalue weighted by Gasteiger charge is -2.35. The van der Waals surface area contributed by atoms with Crippen LogP contribution < -0.4 is 0 Å². The number of aromatic amines is 1. The molecule has 0 saturated heterocycles. The Kier molecular flexibility index (Phi) is 4.24. The lowest BCUT2D eigenvalue weighted by molar-refractivity contribution is 0.191. The molecule has 4 heterocycles. The number of aryl methyl sites for hydroxylation is 2. The van der Waals surface area contributed by atoms with Crippen LogP contribution >= 0.6 is 0 Å². The molecule has 1 atom stereocenters. The molecule has 0 amide bonds. The van der Waals surface area contributed by atoms with Crippen molar-refractivity contribution in [2.24, 2.45) is 0 Å². The molecule has 0 bridgehead atoms. The van der Waals surface area contributed by atoms with Gasteiger partial charge in [-0.1, -0.05) is 24.3 Å². The Morgan fingerprint density at radius 2 is 2.04 bits per heavy atom. The highest BCUT2D eigenvalue weighted by Crippen LogP contribution is 2.38. The standard InChI is InChI=1S/C23H25N5/c1-3-27-14-12-24-21(27)15-28-13-11-18-17-8-4-5-9-19(17)26-22(18)23(28)20-10-6-7-16(2)25-20/h4-10,12,14,23,26H,3,11,13,15H2,1-2H3. The van der Waals surface area contributed by atoms with E-state index in [1.54, 1.807) is 0 Å². The maximum atomic E-state index is 4.90. The smallest absolute Gasteiger partial charge is 0.122 e. The average molecular weight is 371 g/mol. The van der Waals surface area contributed by atoms with E-state index in [1.807, 2.05) is 6.20 Å². The summed E-state index contributed by atoms with van der Waals surface area (Å²) in [6.07, 6.45) is 5.00. The first-order valence-electron chi connectivity index (χ1n) is 10.0. The van der Waals surface area contributed by atoms with Crippen LogP contribution in [0.5, 0.6) is 0 Å². The molecule has 1 aromatic carbocycles. The van der Waals surface area contributed by atoms with Crippen molar-refractivity contribution in [1.29, 1.82) is 0 Å². The van der Waals surface area contributed by atoms with E-state index in [4.69, 9.17) is 4.98 Å². The molecule has 0 saturated carbocycles. The second-order valence-electron chi connectivity index (χ2n) is 7.52. The zero-order chi connectivity index (χ0) is 19.1. The van der Waals surface area contributed by atoms with Gasteiger partial charge in [-0.15, -0.1) is 0 Å². The first-order valence-corrected chi connectivity index (χ1v) is 10.0. The van der Waals surface area contributed by atoms with Crippen molar-refractivity contribution in [3.63, 3.8) is 0 Å². The maximum absolute atomic E-state index is 4.90. The maximum Gasteiger partial charge on any atom is 0.122 e. The van der Waals surface area contributed by atoms with Gasteiger partial charge in [0.1, 0.15) is 5.82 Å². The van der Waals surface area contributed by atoms with Gasteiger partial charge >= 0.3 is 0 Å². The summed E-state index contributed by atoms with van der Waals surface area (Å²) in [6, 6.07) is 15.1. The molecule has 5 heteroatoms. The number of imidazole rings is 1. The van der Waals surface area contributed by atoms with E-state index in [9.17, 15) is 0 Å². The van der Waals surface area contributed by atoms with Gasteiger partial charge < -0.3 is 9.55 Å². The van der Waals surface area contributed by atoms with E-state index in [1.165, 1.54) is 22.2 Å². The van der Waals surface area contributed by atoms with E-state index >= 15 is 0 Å². The van der Waals surface area contributed by atoms with Crippen molar-refractivity contribution in [3.05, 3.63) is 83.3 Å². The van der Waals surface area contributed by atoms with E-state index in [0.29, 0.717) is 0 Å². The number of pyridine rings is 1. The van der Waals surface area contributed by atoms with Crippen molar-refractivity contribution < 1.29 is 0 Å². The van der Waals surface area contributed by atoms with Crippen molar-refractivity contribution in [1.82, 2.24) is 24.4 Å². The van der Waals surface area contributed by atoms with Crippen molar-refractivity contribution in [3.8, 4) is 0 Å². The Morgan fingerprint density at radius 1 is 1.14 bits per heavy atom. The highest BCUT2D eigenvalue weighted by atomic mass is 15.2. The Hall–Kier alpha value is -2.92. The lowest BCUT2D eigenvalue weighted by Crippen LogP contribution is -2.37. The second-order valence-corrected chi connectivity index (χ2v) is 7.52. The van der Waals surface area contributed by atoms with Crippen LogP contribution in [0.2, 0.25) is 0 Å². The van der Waals surface area contributed by atoms with Crippen LogP contribution in [0.25, 0.3) is 10.9 Å². The van der Waals surface area contributed by atoms with Crippen LogP contribution in [0.1, 0.15) is 41.4 Å². The fraction of sp³-hybridized carbons (Fsp3) is 0.304. The summed E-state index contributed by atoms with van der Waals surface area (Å²) in [5, 5.41) is 1.34. The van der Waals surface area contributed by atoms with E-state index < -0.39 is 0 Å². The van der Waals surface area contributed by atoms with Gasteiger partial charge in [-0.05, 0) is 44.0 Å². The minimum absolute atomic E-state index is 0.109. The summed E-state index contributed by atoms with van der Waals surface area (Å²) >= 11 is 0. The lowest BCUT2D eigenvalue weighted by atomic mass is 9.94. The molecule has 4 aromatic rings. The third kappa shape index (κ3) is 2.83.